The summed E-state index contributed by atoms with van der Waals surface area (Å²) in [4.78, 5) is 8.68. The van der Waals surface area contributed by atoms with E-state index in [1.165, 1.54) is 0 Å². The standard InChI is InChI=1S/C12H21N5/c1-8-15-11(14-2)7-12(16-8)17-10-5-3-9(13)4-6-10/h7,9-10H,3-6,13H2,1-2H3,(H2,14,15,16,17). The van der Waals surface area contributed by atoms with Gasteiger partial charge in [-0.1, -0.05) is 0 Å². The summed E-state index contributed by atoms with van der Waals surface area (Å²) in [7, 11) is 1.87. The molecule has 5 nitrogen and oxygen atoms in total. The first-order chi connectivity index (χ1) is 8.17. The third kappa shape index (κ3) is 3.30. The molecule has 0 spiro atoms. The highest BCUT2D eigenvalue weighted by Crippen LogP contribution is 2.21. The zero-order valence-electron chi connectivity index (χ0n) is 10.5. The number of hydrogen-bond acceptors (Lipinski definition) is 5. The topological polar surface area (TPSA) is 75.9 Å². The van der Waals surface area contributed by atoms with Crippen LogP contribution in [0.15, 0.2) is 6.07 Å². The minimum atomic E-state index is 0.382. The van der Waals surface area contributed by atoms with Crippen molar-refractivity contribution in [3.8, 4) is 0 Å². The lowest BCUT2D eigenvalue weighted by Gasteiger charge is -2.27. The molecule has 2 rings (SSSR count). The molecular formula is C12H21N5. The van der Waals surface area contributed by atoms with Gasteiger partial charge in [0.15, 0.2) is 0 Å². The van der Waals surface area contributed by atoms with Gasteiger partial charge in [-0.05, 0) is 32.6 Å². The maximum atomic E-state index is 5.90. The predicted molar refractivity (Wildman–Crippen MR) is 70.2 cm³/mol. The molecule has 1 aromatic rings. The molecule has 0 aliphatic heterocycles. The van der Waals surface area contributed by atoms with Crippen LogP contribution in [-0.4, -0.2) is 29.1 Å². The first-order valence-corrected chi connectivity index (χ1v) is 6.23. The molecule has 0 atom stereocenters. The number of aryl methyl sites for hydroxylation is 1. The summed E-state index contributed by atoms with van der Waals surface area (Å²) in [6.45, 7) is 1.91. The Kier molecular flexibility index (Phi) is 3.78. The molecule has 1 aliphatic carbocycles. The van der Waals surface area contributed by atoms with Crippen LogP contribution in [0.25, 0.3) is 0 Å². The number of hydrogen-bond donors (Lipinski definition) is 3. The molecule has 0 unspecified atom stereocenters. The van der Waals surface area contributed by atoms with Crippen LogP contribution in [0.1, 0.15) is 31.5 Å². The van der Waals surface area contributed by atoms with E-state index in [-0.39, 0.29) is 0 Å². The fraction of sp³-hybridized carbons (Fsp3) is 0.667. The van der Waals surface area contributed by atoms with E-state index >= 15 is 0 Å². The van der Waals surface area contributed by atoms with Crippen LogP contribution in [0.5, 0.6) is 0 Å². The largest absolute Gasteiger partial charge is 0.373 e. The molecule has 1 aliphatic rings. The van der Waals surface area contributed by atoms with Crippen molar-refractivity contribution in [2.45, 2.75) is 44.7 Å². The normalized spacial score (nSPS) is 24.4. The summed E-state index contributed by atoms with van der Waals surface area (Å²) in [6, 6.07) is 2.82. The van der Waals surface area contributed by atoms with Crippen molar-refractivity contribution < 1.29 is 0 Å². The van der Waals surface area contributed by atoms with Crippen LogP contribution < -0.4 is 16.4 Å². The minimum absolute atomic E-state index is 0.382. The van der Waals surface area contributed by atoms with Crippen LogP contribution >= 0.6 is 0 Å². The fourth-order valence-electron chi connectivity index (χ4n) is 2.24. The first kappa shape index (κ1) is 12.1. The van der Waals surface area contributed by atoms with E-state index in [0.29, 0.717) is 12.1 Å². The lowest BCUT2D eigenvalue weighted by atomic mass is 9.92. The summed E-state index contributed by atoms with van der Waals surface area (Å²) in [5, 5.41) is 6.51. The van der Waals surface area contributed by atoms with Crippen molar-refractivity contribution in [1.29, 1.82) is 0 Å². The van der Waals surface area contributed by atoms with Gasteiger partial charge in [0.05, 0.1) is 0 Å². The average molecular weight is 235 g/mol. The van der Waals surface area contributed by atoms with Crippen molar-refractivity contribution in [3.05, 3.63) is 11.9 Å². The van der Waals surface area contributed by atoms with Crippen LogP contribution in [0.3, 0.4) is 0 Å². The molecule has 4 N–H and O–H groups in total. The molecule has 0 saturated heterocycles. The second kappa shape index (κ2) is 5.31. The Morgan fingerprint density at radius 1 is 1.18 bits per heavy atom. The molecule has 0 amide bonds. The lowest BCUT2D eigenvalue weighted by molar-refractivity contribution is 0.410. The number of aromatic nitrogens is 2. The summed E-state index contributed by atoms with van der Waals surface area (Å²) >= 11 is 0. The molecule has 17 heavy (non-hydrogen) atoms. The predicted octanol–water partition coefficient (Wildman–Crippen LogP) is 1.51. The Hall–Kier alpha value is -1.36. The molecule has 0 bridgehead atoms. The van der Waals surface area contributed by atoms with Gasteiger partial charge in [-0.2, -0.15) is 0 Å². The Morgan fingerprint density at radius 2 is 1.82 bits per heavy atom. The van der Waals surface area contributed by atoms with Crippen LogP contribution in [-0.2, 0) is 0 Å². The van der Waals surface area contributed by atoms with Gasteiger partial charge in [-0.3, -0.25) is 0 Å². The highest BCUT2D eigenvalue weighted by molar-refractivity contribution is 5.47. The van der Waals surface area contributed by atoms with Gasteiger partial charge in [-0.15, -0.1) is 0 Å². The monoisotopic (exact) mass is 235 g/mol. The van der Waals surface area contributed by atoms with Gasteiger partial charge in [0, 0.05) is 25.2 Å². The van der Waals surface area contributed by atoms with E-state index in [2.05, 4.69) is 20.6 Å². The molecule has 0 radical (unpaired) electrons. The Labute approximate surface area is 102 Å². The molecule has 94 valence electrons. The Balaban J connectivity index is 2.00. The molecule has 1 saturated carbocycles. The molecule has 5 heteroatoms. The van der Waals surface area contributed by atoms with E-state index < -0.39 is 0 Å². The number of anilines is 2. The van der Waals surface area contributed by atoms with Crippen molar-refractivity contribution in [2.75, 3.05) is 17.7 Å². The summed E-state index contributed by atoms with van der Waals surface area (Å²) in [5.41, 5.74) is 5.90. The molecular weight excluding hydrogens is 214 g/mol. The summed E-state index contributed by atoms with van der Waals surface area (Å²) in [5.74, 6) is 2.54. The van der Waals surface area contributed by atoms with Crippen molar-refractivity contribution >= 4 is 11.6 Å². The van der Waals surface area contributed by atoms with Gasteiger partial charge in [0.1, 0.15) is 17.5 Å². The zero-order valence-corrected chi connectivity index (χ0v) is 10.5. The van der Waals surface area contributed by atoms with E-state index in [1.807, 2.05) is 20.0 Å². The van der Waals surface area contributed by atoms with Gasteiger partial charge in [0.2, 0.25) is 0 Å². The number of rotatable bonds is 3. The van der Waals surface area contributed by atoms with E-state index in [4.69, 9.17) is 5.73 Å². The smallest absolute Gasteiger partial charge is 0.132 e. The maximum absolute atomic E-state index is 5.90. The fourth-order valence-corrected chi connectivity index (χ4v) is 2.24. The van der Waals surface area contributed by atoms with Gasteiger partial charge in [-0.25, -0.2) is 9.97 Å². The van der Waals surface area contributed by atoms with Crippen molar-refractivity contribution in [1.82, 2.24) is 9.97 Å². The second-order valence-corrected chi connectivity index (χ2v) is 4.69. The zero-order chi connectivity index (χ0) is 12.3. The van der Waals surface area contributed by atoms with E-state index in [0.717, 1.165) is 43.1 Å². The Bertz CT molecular complexity index is 371. The molecule has 1 heterocycles. The number of nitrogens with zero attached hydrogens (tertiary/aromatic N) is 2. The SMILES string of the molecule is CNc1cc(NC2CCC(N)CC2)nc(C)n1. The van der Waals surface area contributed by atoms with Crippen molar-refractivity contribution in [3.63, 3.8) is 0 Å². The quantitative estimate of drug-likeness (QED) is 0.740. The maximum Gasteiger partial charge on any atom is 0.132 e. The summed E-state index contributed by atoms with van der Waals surface area (Å²) < 4.78 is 0. The molecule has 1 fully saturated rings. The lowest BCUT2D eigenvalue weighted by Crippen LogP contribution is -2.33. The third-order valence-corrected chi connectivity index (χ3v) is 3.22. The van der Waals surface area contributed by atoms with Gasteiger partial charge in [0.25, 0.3) is 0 Å². The van der Waals surface area contributed by atoms with E-state index in [9.17, 15) is 0 Å². The minimum Gasteiger partial charge on any atom is -0.373 e. The highest BCUT2D eigenvalue weighted by Gasteiger charge is 2.18. The average Bonchev–Trinajstić information content (AvgIpc) is 2.31. The first-order valence-electron chi connectivity index (χ1n) is 6.23. The Morgan fingerprint density at radius 3 is 2.47 bits per heavy atom. The number of nitrogens with two attached hydrogens (primary N) is 1. The summed E-state index contributed by atoms with van der Waals surface area (Å²) in [6.07, 6.45) is 4.44. The van der Waals surface area contributed by atoms with Gasteiger partial charge < -0.3 is 16.4 Å². The van der Waals surface area contributed by atoms with Crippen LogP contribution in [0, 0.1) is 6.92 Å². The molecule has 0 aromatic carbocycles. The highest BCUT2D eigenvalue weighted by atomic mass is 15.1. The number of nitrogens with one attached hydrogen (secondary N) is 2. The van der Waals surface area contributed by atoms with Crippen molar-refractivity contribution in [2.24, 2.45) is 5.73 Å². The van der Waals surface area contributed by atoms with E-state index in [1.54, 1.807) is 0 Å². The van der Waals surface area contributed by atoms with Gasteiger partial charge >= 0.3 is 0 Å². The molecule has 1 aromatic heterocycles. The third-order valence-electron chi connectivity index (χ3n) is 3.22. The second-order valence-electron chi connectivity index (χ2n) is 4.69. The van der Waals surface area contributed by atoms with Crippen LogP contribution in [0.4, 0.5) is 11.6 Å². The van der Waals surface area contributed by atoms with Crippen LogP contribution in [0.2, 0.25) is 0 Å².